The van der Waals surface area contributed by atoms with Crippen LogP contribution in [0.4, 0.5) is 5.69 Å². The molecular formula is C23H24ClN3O5S. The first-order valence-corrected chi connectivity index (χ1v) is 12.1. The van der Waals surface area contributed by atoms with E-state index in [1.807, 2.05) is 29.1 Å². The molecule has 1 N–H and O–H groups in total. The van der Waals surface area contributed by atoms with Gasteiger partial charge in [-0.25, -0.2) is 8.42 Å². The van der Waals surface area contributed by atoms with Gasteiger partial charge in [0.1, 0.15) is 5.75 Å². The largest absolute Gasteiger partial charge is 0.496 e. The second-order valence-electron chi connectivity index (χ2n) is 7.55. The number of carbonyl (C=O) groups excluding carboxylic acids is 1. The van der Waals surface area contributed by atoms with Crippen LogP contribution in [0.1, 0.15) is 15.9 Å². The van der Waals surface area contributed by atoms with E-state index in [4.69, 9.17) is 21.1 Å². The second kappa shape index (κ2) is 9.56. The molecule has 0 aliphatic carbocycles. The van der Waals surface area contributed by atoms with Crippen molar-refractivity contribution >= 4 is 33.2 Å². The number of halogens is 1. The number of hydrogen-bond donors (Lipinski definition) is 1. The van der Waals surface area contributed by atoms with E-state index in [0.29, 0.717) is 54.0 Å². The van der Waals surface area contributed by atoms with E-state index in [2.05, 4.69) is 5.32 Å². The normalized spacial score (nSPS) is 14.8. The van der Waals surface area contributed by atoms with Crippen molar-refractivity contribution in [1.82, 2.24) is 8.87 Å². The van der Waals surface area contributed by atoms with Gasteiger partial charge in [0, 0.05) is 37.2 Å². The number of carbonyl (C=O) groups is 1. The number of nitrogens with zero attached hydrogens (tertiary/aromatic N) is 2. The van der Waals surface area contributed by atoms with Crippen molar-refractivity contribution in [3.63, 3.8) is 0 Å². The van der Waals surface area contributed by atoms with Crippen molar-refractivity contribution in [1.29, 1.82) is 0 Å². The molecule has 1 aliphatic rings. The van der Waals surface area contributed by atoms with Crippen LogP contribution in [0.25, 0.3) is 5.69 Å². The first-order valence-electron chi connectivity index (χ1n) is 10.3. The Hall–Kier alpha value is -2.85. The maximum absolute atomic E-state index is 13.1. The number of sulfonamides is 1. The molecule has 33 heavy (non-hydrogen) atoms. The summed E-state index contributed by atoms with van der Waals surface area (Å²) in [5.41, 5.74) is 1.85. The first-order chi connectivity index (χ1) is 15.8. The Morgan fingerprint density at radius 1 is 1.12 bits per heavy atom. The van der Waals surface area contributed by atoms with Crippen molar-refractivity contribution in [2.24, 2.45) is 0 Å². The van der Waals surface area contributed by atoms with Crippen LogP contribution in [0, 0.1) is 6.92 Å². The zero-order valence-corrected chi connectivity index (χ0v) is 19.8. The van der Waals surface area contributed by atoms with Crippen LogP contribution in [0.5, 0.6) is 5.75 Å². The Labute approximate surface area is 197 Å². The van der Waals surface area contributed by atoms with Crippen LogP contribution in [0.3, 0.4) is 0 Å². The number of nitrogens with one attached hydrogen (secondary N) is 1. The van der Waals surface area contributed by atoms with Crippen LogP contribution in [0.15, 0.2) is 59.8 Å². The monoisotopic (exact) mass is 489 g/mol. The van der Waals surface area contributed by atoms with Gasteiger partial charge in [0.25, 0.3) is 5.91 Å². The fraction of sp³-hybridized carbons (Fsp3) is 0.261. The van der Waals surface area contributed by atoms with Gasteiger partial charge >= 0.3 is 0 Å². The highest BCUT2D eigenvalue weighted by molar-refractivity contribution is 7.89. The lowest BCUT2D eigenvalue weighted by Crippen LogP contribution is -2.40. The van der Waals surface area contributed by atoms with Crippen molar-refractivity contribution < 1.29 is 22.7 Å². The highest BCUT2D eigenvalue weighted by Gasteiger charge is 2.28. The quantitative estimate of drug-likeness (QED) is 0.570. The lowest BCUT2D eigenvalue weighted by Gasteiger charge is -2.26. The van der Waals surface area contributed by atoms with E-state index < -0.39 is 15.9 Å². The number of ether oxygens (including phenoxy) is 2. The maximum atomic E-state index is 13.1. The predicted octanol–water partition coefficient (Wildman–Crippen LogP) is 3.72. The van der Waals surface area contributed by atoms with Gasteiger partial charge in [0.2, 0.25) is 10.0 Å². The van der Waals surface area contributed by atoms with Crippen LogP contribution in [-0.4, -0.2) is 56.6 Å². The predicted molar refractivity (Wildman–Crippen MR) is 126 cm³/mol. The molecule has 3 aromatic rings. The summed E-state index contributed by atoms with van der Waals surface area (Å²) in [4.78, 5) is 13.2. The fourth-order valence-corrected chi connectivity index (χ4v) is 5.58. The van der Waals surface area contributed by atoms with Gasteiger partial charge in [-0.2, -0.15) is 4.31 Å². The van der Waals surface area contributed by atoms with Crippen molar-refractivity contribution in [2.45, 2.75) is 11.8 Å². The van der Waals surface area contributed by atoms with Gasteiger partial charge < -0.3 is 19.4 Å². The minimum absolute atomic E-state index is 0.148. The van der Waals surface area contributed by atoms with Crippen LogP contribution < -0.4 is 10.1 Å². The molecule has 1 fully saturated rings. The summed E-state index contributed by atoms with van der Waals surface area (Å²) < 4.78 is 40.2. The molecule has 8 nitrogen and oxygen atoms in total. The van der Waals surface area contributed by atoms with Gasteiger partial charge in [-0.3, -0.25) is 4.79 Å². The number of methoxy groups -OCH3 is 1. The molecule has 1 saturated heterocycles. The Bertz CT molecular complexity index is 1270. The highest BCUT2D eigenvalue weighted by atomic mass is 35.5. The van der Waals surface area contributed by atoms with Crippen LogP contribution >= 0.6 is 11.6 Å². The molecule has 2 heterocycles. The molecule has 0 spiro atoms. The van der Waals surface area contributed by atoms with Gasteiger partial charge in [0.05, 0.1) is 41.5 Å². The Morgan fingerprint density at radius 3 is 2.48 bits per heavy atom. The summed E-state index contributed by atoms with van der Waals surface area (Å²) in [6.45, 7) is 3.02. The van der Waals surface area contributed by atoms with Gasteiger partial charge in [-0.15, -0.1) is 0 Å². The van der Waals surface area contributed by atoms with E-state index in [1.165, 1.54) is 23.5 Å². The standard InChI is InChI=1S/C23H24ClN3O5S/c1-16-5-6-17(13-22(16)33(29,30)27-9-11-32-12-10-27)25-23(28)18-14-19(24)20(15-21(18)31-2)26-7-3-4-8-26/h3-8,13-15H,9-12H2,1-2H3,(H,25,28). The maximum Gasteiger partial charge on any atom is 0.259 e. The molecule has 1 aromatic heterocycles. The van der Waals surface area contributed by atoms with E-state index in [-0.39, 0.29) is 10.5 Å². The van der Waals surface area contributed by atoms with E-state index in [0.717, 1.165) is 0 Å². The summed E-state index contributed by atoms with van der Waals surface area (Å²) in [5, 5.41) is 3.14. The molecule has 0 unspecified atom stereocenters. The third kappa shape index (κ3) is 4.77. The zero-order valence-electron chi connectivity index (χ0n) is 18.2. The van der Waals surface area contributed by atoms with Crippen molar-refractivity contribution in [3.8, 4) is 11.4 Å². The van der Waals surface area contributed by atoms with Gasteiger partial charge in [-0.1, -0.05) is 17.7 Å². The molecular weight excluding hydrogens is 466 g/mol. The fourth-order valence-electron chi connectivity index (χ4n) is 3.66. The topological polar surface area (TPSA) is 89.9 Å². The molecule has 10 heteroatoms. The summed E-state index contributed by atoms with van der Waals surface area (Å²) in [6, 6.07) is 11.7. The number of aromatic nitrogens is 1. The Morgan fingerprint density at radius 2 is 1.82 bits per heavy atom. The lowest BCUT2D eigenvalue weighted by atomic mass is 10.1. The Balaban J connectivity index is 1.63. The molecule has 2 aromatic carbocycles. The number of benzene rings is 2. The van der Waals surface area contributed by atoms with E-state index in [1.54, 1.807) is 25.1 Å². The number of rotatable bonds is 6. The summed E-state index contributed by atoms with van der Waals surface area (Å²) in [5.74, 6) is -0.125. The first kappa shape index (κ1) is 23.3. The number of aryl methyl sites for hydroxylation is 1. The average Bonchev–Trinajstić information content (AvgIpc) is 3.35. The SMILES string of the molecule is COc1cc(-n2cccc2)c(Cl)cc1C(=O)Nc1ccc(C)c(S(=O)(=O)N2CCOCC2)c1. The third-order valence-electron chi connectivity index (χ3n) is 5.43. The molecule has 4 rings (SSSR count). The minimum Gasteiger partial charge on any atom is -0.496 e. The zero-order chi connectivity index (χ0) is 23.6. The molecule has 0 atom stereocenters. The summed E-state index contributed by atoms with van der Waals surface area (Å²) in [6.07, 6.45) is 3.67. The molecule has 1 aliphatic heterocycles. The minimum atomic E-state index is -3.71. The number of hydrogen-bond acceptors (Lipinski definition) is 5. The molecule has 174 valence electrons. The van der Waals surface area contributed by atoms with Gasteiger partial charge in [-0.05, 0) is 42.8 Å². The summed E-state index contributed by atoms with van der Waals surface area (Å²) >= 11 is 6.44. The van der Waals surface area contributed by atoms with Gasteiger partial charge in [0.15, 0.2) is 0 Å². The third-order valence-corrected chi connectivity index (χ3v) is 7.77. The van der Waals surface area contributed by atoms with Crippen LogP contribution in [-0.2, 0) is 14.8 Å². The Kier molecular flexibility index (Phi) is 6.76. The molecule has 0 saturated carbocycles. The van der Waals surface area contributed by atoms with E-state index in [9.17, 15) is 13.2 Å². The van der Waals surface area contributed by atoms with Crippen molar-refractivity contribution in [3.05, 3.63) is 71.0 Å². The molecule has 0 radical (unpaired) electrons. The second-order valence-corrected chi connectivity index (χ2v) is 9.86. The highest BCUT2D eigenvalue weighted by Crippen LogP contribution is 2.31. The van der Waals surface area contributed by atoms with Crippen molar-refractivity contribution in [2.75, 3.05) is 38.7 Å². The van der Waals surface area contributed by atoms with E-state index >= 15 is 0 Å². The number of morpholine rings is 1. The lowest BCUT2D eigenvalue weighted by molar-refractivity contribution is 0.0730. The average molecular weight is 490 g/mol. The summed E-state index contributed by atoms with van der Waals surface area (Å²) in [7, 11) is -2.24. The number of amides is 1. The van der Waals surface area contributed by atoms with Crippen LogP contribution in [0.2, 0.25) is 5.02 Å². The molecule has 0 bridgehead atoms. The smallest absolute Gasteiger partial charge is 0.259 e. The number of anilines is 1. The molecule has 1 amide bonds.